The van der Waals surface area contributed by atoms with E-state index in [1.807, 2.05) is 0 Å². The van der Waals surface area contributed by atoms with E-state index < -0.39 is 0 Å². The van der Waals surface area contributed by atoms with Crippen LogP contribution in [0.15, 0.2) is 0 Å². The molecule has 0 aromatic carbocycles. The van der Waals surface area contributed by atoms with E-state index in [1.165, 1.54) is 0 Å². The number of rotatable bonds is 5. The van der Waals surface area contributed by atoms with Gasteiger partial charge in [-0.2, -0.15) is 0 Å². The van der Waals surface area contributed by atoms with Crippen LogP contribution in [-0.2, 0) is 0 Å². The van der Waals surface area contributed by atoms with Crippen LogP contribution in [0.5, 0.6) is 0 Å². The lowest BCUT2D eigenvalue weighted by Crippen LogP contribution is -2.30. The van der Waals surface area contributed by atoms with Crippen LogP contribution in [0.1, 0.15) is 26.7 Å². The van der Waals surface area contributed by atoms with Crippen LogP contribution < -0.4 is 5.32 Å². The first-order valence-corrected chi connectivity index (χ1v) is 5.68. The van der Waals surface area contributed by atoms with Gasteiger partial charge in [0.1, 0.15) is 0 Å². The van der Waals surface area contributed by atoms with Gasteiger partial charge in [0.2, 0.25) is 0 Å². The van der Waals surface area contributed by atoms with E-state index in [1.54, 1.807) is 0 Å². The third-order valence-corrected chi connectivity index (χ3v) is 2.73. The smallest absolute Gasteiger partial charge is 0.0679 e. The van der Waals surface area contributed by atoms with E-state index in [4.69, 9.17) is 0 Å². The van der Waals surface area contributed by atoms with Crippen molar-refractivity contribution in [3.05, 3.63) is 0 Å². The van der Waals surface area contributed by atoms with Gasteiger partial charge in [-0.3, -0.25) is 0 Å². The Labute approximate surface area is 87.5 Å². The standard InChI is InChI=1S/C11H24N2O/c1-9(2)8-13(3)5-4-10-6-11(14)7-12-10/h9-12,14H,4-8H2,1-3H3. The van der Waals surface area contributed by atoms with Crippen molar-refractivity contribution in [1.82, 2.24) is 10.2 Å². The van der Waals surface area contributed by atoms with Crippen LogP contribution in [0.4, 0.5) is 0 Å². The molecular formula is C11H24N2O. The predicted octanol–water partition coefficient (Wildman–Crippen LogP) is 0.687. The molecule has 0 radical (unpaired) electrons. The molecule has 1 fully saturated rings. The summed E-state index contributed by atoms with van der Waals surface area (Å²) in [4.78, 5) is 2.37. The van der Waals surface area contributed by atoms with E-state index in [-0.39, 0.29) is 6.10 Å². The zero-order valence-electron chi connectivity index (χ0n) is 9.66. The molecule has 0 aliphatic carbocycles. The van der Waals surface area contributed by atoms with Crippen molar-refractivity contribution in [2.24, 2.45) is 5.92 Å². The lowest BCUT2D eigenvalue weighted by molar-refractivity contribution is 0.191. The van der Waals surface area contributed by atoms with E-state index in [2.05, 4.69) is 31.1 Å². The molecule has 1 heterocycles. The second-order valence-electron chi connectivity index (χ2n) is 4.94. The summed E-state index contributed by atoms with van der Waals surface area (Å²) in [6.45, 7) is 7.55. The highest BCUT2D eigenvalue weighted by atomic mass is 16.3. The van der Waals surface area contributed by atoms with Gasteiger partial charge in [0, 0.05) is 19.1 Å². The molecule has 2 atom stereocenters. The number of nitrogens with zero attached hydrogens (tertiary/aromatic N) is 1. The number of aliphatic hydroxyl groups excluding tert-OH is 1. The number of hydrogen-bond acceptors (Lipinski definition) is 3. The van der Waals surface area contributed by atoms with E-state index >= 15 is 0 Å². The molecule has 1 aliphatic heterocycles. The molecule has 1 aliphatic rings. The van der Waals surface area contributed by atoms with Crippen molar-refractivity contribution in [3.63, 3.8) is 0 Å². The summed E-state index contributed by atoms with van der Waals surface area (Å²) >= 11 is 0. The second-order valence-corrected chi connectivity index (χ2v) is 4.94. The average Bonchev–Trinajstić information content (AvgIpc) is 2.47. The minimum Gasteiger partial charge on any atom is -0.392 e. The Morgan fingerprint density at radius 2 is 2.21 bits per heavy atom. The highest BCUT2D eigenvalue weighted by molar-refractivity contribution is 4.81. The lowest BCUT2D eigenvalue weighted by Gasteiger charge is -2.20. The average molecular weight is 200 g/mol. The fourth-order valence-electron chi connectivity index (χ4n) is 2.11. The molecule has 3 nitrogen and oxygen atoms in total. The Morgan fingerprint density at radius 1 is 1.50 bits per heavy atom. The minimum absolute atomic E-state index is 0.115. The largest absolute Gasteiger partial charge is 0.392 e. The van der Waals surface area contributed by atoms with Gasteiger partial charge in [0.15, 0.2) is 0 Å². The predicted molar refractivity (Wildman–Crippen MR) is 59.4 cm³/mol. The first-order valence-electron chi connectivity index (χ1n) is 5.68. The molecule has 2 unspecified atom stereocenters. The van der Waals surface area contributed by atoms with Gasteiger partial charge in [-0.15, -0.1) is 0 Å². The van der Waals surface area contributed by atoms with Gasteiger partial charge in [-0.25, -0.2) is 0 Å². The molecule has 0 amide bonds. The monoisotopic (exact) mass is 200 g/mol. The van der Waals surface area contributed by atoms with Gasteiger partial charge in [-0.05, 0) is 32.4 Å². The van der Waals surface area contributed by atoms with Crippen molar-refractivity contribution in [3.8, 4) is 0 Å². The molecule has 1 rings (SSSR count). The molecule has 0 spiro atoms. The Kier molecular flexibility index (Phi) is 4.85. The van der Waals surface area contributed by atoms with Gasteiger partial charge in [0.05, 0.1) is 6.10 Å². The summed E-state index contributed by atoms with van der Waals surface area (Å²) in [5.41, 5.74) is 0. The number of nitrogens with one attached hydrogen (secondary N) is 1. The number of hydrogen-bond donors (Lipinski definition) is 2. The molecule has 0 aromatic rings. The molecule has 3 heteroatoms. The SMILES string of the molecule is CC(C)CN(C)CCC1CC(O)CN1. The third kappa shape index (κ3) is 4.40. The maximum absolute atomic E-state index is 9.33. The zero-order chi connectivity index (χ0) is 10.6. The fourth-order valence-corrected chi connectivity index (χ4v) is 2.11. The third-order valence-electron chi connectivity index (χ3n) is 2.73. The van der Waals surface area contributed by atoms with E-state index in [9.17, 15) is 5.11 Å². The van der Waals surface area contributed by atoms with Crippen LogP contribution in [-0.4, -0.2) is 48.8 Å². The van der Waals surface area contributed by atoms with E-state index in [0.717, 1.165) is 38.4 Å². The zero-order valence-corrected chi connectivity index (χ0v) is 9.66. The number of aliphatic hydroxyl groups is 1. The molecule has 1 saturated heterocycles. The normalized spacial score (nSPS) is 27.9. The summed E-state index contributed by atoms with van der Waals surface area (Å²) in [7, 11) is 2.17. The lowest BCUT2D eigenvalue weighted by atomic mass is 10.1. The molecule has 0 aromatic heterocycles. The molecule has 2 N–H and O–H groups in total. The Balaban J connectivity index is 2.08. The van der Waals surface area contributed by atoms with Crippen molar-refractivity contribution in [2.45, 2.75) is 38.8 Å². The van der Waals surface area contributed by atoms with Crippen LogP contribution in [0, 0.1) is 5.92 Å². The first kappa shape index (κ1) is 12.0. The van der Waals surface area contributed by atoms with Gasteiger partial charge < -0.3 is 15.3 Å². The molecular weight excluding hydrogens is 176 g/mol. The summed E-state index contributed by atoms with van der Waals surface area (Å²) in [5.74, 6) is 0.738. The molecule has 14 heavy (non-hydrogen) atoms. The second kappa shape index (κ2) is 5.69. The quantitative estimate of drug-likeness (QED) is 0.685. The van der Waals surface area contributed by atoms with Crippen LogP contribution in [0.2, 0.25) is 0 Å². The topological polar surface area (TPSA) is 35.5 Å². The molecule has 84 valence electrons. The number of β-amino-alcohol motifs (C(OH)–C–C–N with tert-alkyl or cyclic N) is 1. The van der Waals surface area contributed by atoms with Crippen LogP contribution >= 0.6 is 0 Å². The molecule has 0 saturated carbocycles. The van der Waals surface area contributed by atoms with Gasteiger partial charge in [0.25, 0.3) is 0 Å². The highest BCUT2D eigenvalue weighted by Gasteiger charge is 2.21. The van der Waals surface area contributed by atoms with Crippen molar-refractivity contribution in [2.75, 3.05) is 26.7 Å². The summed E-state index contributed by atoms with van der Waals surface area (Å²) in [6.07, 6.45) is 1.96. The van der Waals surface area contributed by atoms with Crippen molar-refractivity contribution >= 4 is 0 Å². The maximum atomic E-state index is 9.33. The maximum Gasteiger partial charge on any atom is 0.0679 e. The van der Waals surface area contributed by atoms with Crippen molar-refractivity contribution in [1.29, 1.82) is 0 Å². The van der Waals surface area contributed by atoms with Crippen LogP contribution in [0.3, 0.4) is 0 Å². The Morgan fingerprint density at radius 3 is 2.71 bits per heavy atom. The van der Waals surface area contributed by atoms with Gasteiger partial charge in [-0.1, -0.05) is 13.8 Å². The summed E-state index contributed by atoms with van der Waals surface area (Å²) in [5, 5.41) is 12.7. The Bertz CT molecular complexity index is 161. The Hall–Kier alpha value is -0.120. The minimum atomic E-state index is -0.115. The first-order chi connectivity index (χ1) is 6.58. The van der Waals surface area contributed by atoms with E-state index in [0.29, 0.717) is 6.04 Å². The van der Waals surface area contributed by atoms with Crippen LogP contribution in [0.25, 0.3) is 0 Å². The molecule has 0 bridgehead atoms. The van der Waals surface area contributed by atoms with Crippen molar-refractivity contribution < 1.29 is 5.11 Å². The fraction of sp³-hybridized carbons (Fsp3) is 1.00. The summed E-state index contributed by atoms with van der Waals surface area (Å²) < 4.78 is 0. The summed E-state index contributed by atoms with van der Waals surface area (Å²) in [6, 6.07) is 0.527. The highest BCUT2D eigenvalue weighted by Crippen LogP contribution is 2.10. The van der Waals surface area contributed by atoms with Gasteiger partial charge >= 0.3 is 0 Å².